The predicted molar refractivity (Wildman–Crippen MR) is 70.6 cm³/mol. The van der Waals surface area contributed by atoms with E-state index < -0.39 is 0 Å². The Balaban J connectivity index is 2.58. The van der Waals surface area contributed by atoms with E-state index in [2.05, 4.69) is 17.1 Å². The maximum atomic E-state index is 13.6. The van der Waals surface area contributed by atoms with Crippen molar-refractivity contribution in [3.05, 3.63) is 35.6 Å². The minimum Gasteiger partial charge on any atom is -0.317 e. The summed E-state index contributed by atoms with van der Waals surface area (Å²) in [6, 6.07) is 7.60. The van der Waals surface area contributed by atoms with Gasteiger partial charge in [-0.2, -0.15) is 0 Å². The van der Waals surface area contributed by atoms with Crippen molar-refractivity contribution in [1.29, 1.82) is 0 Å². The molecule has 0 aliphatic rings. The molecule has 0 fully saturated rings. The van der Waals surface area contributed by atoms with Crippen molar-refractivity contribution in [2.75, 3.05) is 20.6 Å². The lowest BCUT2D eigenvalue weighted by molar-refractivity contribution is 0.244. The first kappa shape index (κ1) is 14.1. The molecule has 1 aromatic rings. The quantitative estimate of drug-likeness (QED) is 0.820. The number of benzene rings is 1. The van der Waals surface area contributed by atoms with E-state index in [1.807, 2.05) is 33.2 Å². The van der Waals surface area contributed by atoms with Gasteiger partial charge in [0.05, 0.1) is 0 Å². The SMILES string of the molecule is CNC(C)CCN(C)C(C)c1ccccc1F. The summed E-state index contributed by atoms with van der Waals surface area (Å²) >= 11 is 0. The molecule has 0 bridgehead atoms. The summed E-state index contributed by atoms with van der Waals surface area (Å²) in [5, 5.41) is 3.21. The van der Waals surface area contributed by atoms with E-state index in [1.54, 1.807) is 6.07 Å². The van der Waals surface area contributed by atoms with Crippen LogP contribution in [-0.2, 0) is 0 Å². The molecule has 2 nitrogen and oxygen atoms in total. The third-order valence-corrected chi connectivity index (χ3v) is 3.42. The number of halogens is 1. The molecule has 0 amide bonds. The van der Waals surface area contributed by atoms with Crippen LogP contribution in [0.4, 0.5) is 4.39 Å². The Kier molecular flexibility index (Phi) is 5.59. The van der Waals surface area contributed by atoms with Crippen LogP contribution in [0.3, 0.4) is 0 Å². The first-order valence-corrected chi connectivity index (χ1v) is 6.18. The third kappa shape index (κ3) is 4.10. The molecule has 0 aliphatic heterocycles. The van der Waals surface area contributed by atoms with Gasteiger partial charge in [0.25, 0.3) is 0 Å². The van der Waals surface area contributed by atoms with Crippen molar-refractivity contribution < 1.29 is 4.39 Å². The second kappa shape index (κ2) is 6.72. The standard InChI is InChI=1S/C14H23FN2/c1-11(16-3)9-10-17(4)12(2)13-7-5-6-8-14(13)15/h5-8,11-12,16H,9-10H2,1-4H3. The molecule has 1 rings (SSSR count). The van der Waals surface area contributed by atoms with Gasteiger partial charge in [0, 0.05) is 17.6 Å². The molecule has 3 heteroatoms. The molecule has 2 unspecified atom stereocenters. The van der Waals surface area contributed by atoms with Crippen LogP contribution in [0, 0.1) is 5.82 Å². The Morgan fingerprint density at radius 3 is 2.53 bits per heavy atom. The van der Waals surface area contributed by atoms with Gasteiger partial charge in [-0.25, -0.2) is 4.39 Å². The van der Waals surface area contributed by atoms with Crippen LogP contribution >= 0.6 is 0 Å². The number of hydrogen-bond acceptors (Lipinski definition) is 2. The highest BCUT2D eigenvalue weighted by atomic mass is 19.1. The van der Waals surface area contributed by atoms with E-state index >= 15 is 0 Å². The second-order valence-corrected chi connectivity index (χ2v) is 4.66. The number of rotatable bonds is 6. The second-order valence-electron chi connectivity index (χ2n) is 4.66. The molecule has 0 saturated heterocycles. The zero-order chi connectivity index (χ0) is 12.8. The normalized spacial score (nSPS) is 14.9. The van der Waals surface area contributed by atoms with Crippen LogP contribution in [0.25, 0.3) is 0 Å². The zero-order valence-electron chi connectivity index (χ0n) is 11.2. The highest BCUT2D eigenvalue weighted by molar-refractivity contribution is 5.20. The molecular weight excluding hydrogens is 215 g/mol. The number of nitrogens with one attached hydrogen (secondary N) is 1. The van der Waals surface area contributed by atoms with Crippen molar-refractivity contribution in [3.63, 3.8) is 0 Å². The van der Waals surface area contributed by atoms with Crippen molar-refractivity contribution >= 4 is 0 Å². The van der Waals surface area contributed by atoms with E-state index in [-0.39, 0.29) is 11.9 Å². The van der Waals surface area contributed by atoms with Crippen LogP contribution in [0.2, 0.25) is 0 Å². The maximum Gasteiger partial charge on any atom is 0.127 e. The predicted octanol–water partition coefficient (Wildman–Crippen LogP) is 2.82. The zero-order valence-corrected chi connectivity index (χ0v) is 11.2. The van der Waals surface area contributed by atoms with Crippen LogP contribution in [0.5, 0.6) is 0 Å². The van der Waals surface area contributed by atoms with E-state index in [9.17, 15) is 4.39 Å². The Labute approximate surface area is 104 Å². The van der Waals surface area contributed by atoms with Gasteiger partial charge in [-0.1, -0.05) is 18.2 Å². The fourth-order valence-corrected chi connectivity index (χ4v) is 1.79. The van der Waals surface area contributed by atoms with Gasteiger partial charge >= 0.3 is 0 Å². The summed E-state index contributed by atoms with van der Waals surface area (Å²) in [4.78, 5) is 2.19. The summed E-state index contributed by atoms with van der Waals surface area (Å²) in [6.45, 7) is 5.15. The van der Waals surface area contributed by atoms with Crippen molar-refractivity contribution in [2.24, 2.45) is 0 Å². The average Bonchev–Trinajstić information content (AvgIpc) is 2.35. The Morgan fingerprint density at radius 2 is 1.94 bits per heavy atom. The van der Waals surface area contributed by atoms with E-state index in [1.165, 1.54) is 6.07 Å². The van der Waals surface area contributed by atoms with Gasteiger partial charge in [-0.3, -0.25) is 4.90 Å². The average molecular weight is 238 g/mol. The molecule has 0 spiro atoms. The Hall–Kier alpha value is -0.930. The molecule has 17 heavy (non-hydrogen) atoms. The lowest BCUT2D eigenvalue weighted by Crippen LogP contribution is -2.30. The van der Waals surface area contributed by atoms with Crippen molar-refractivity contribution in [3.8, 4) is 0 Å². The molecule has 0 radical (unpaired) electrons. The molecule has 1 N–H and O–H groups in total. The lowest BCUT2D eigenvalue weighted by Gasteiger charge is -2.26. The summed E-state index contributed by atoms with van der Waals surface area (Å²) in [6.07, 6.45) is 1.06. The molecule has 2 atom stereocenters. The molecular formula is C14H23FN2. The van der Waals surface area contributed by atoms with E-state index in [0.29, 0.717) is 6.04 Å². The molecule has 0 aliphatic carbocycles. The van der Waals surface area contributed by atoms with Gasteiger partial charge in [-0.05, 0) is 47.0 Å². The molecule has 1 aromatic carbocycles. The molecule has 0 heterocycles. The van der Waals surface area contributed by atoms with Crippen LogP contribution in [-0.4, -0.2) is 31.6 Å². The summed E-state index contributed by atoms with van der Waals surface area (Å²) < 4.78 is 13.6. The Morgan fingerprint density at radius 1 is 1.29 bits per heavy atom. The van der Waals surface area contributed by atoms with Gasteiger partial charge in [0.2, 0.25) is 0 Å². The van der Waals surface area contributed by atoms with E-state index in [0.717, 1.165) is 18.5 Å². The molecule has 96 valence electrons. The van der Waals surface area contributed by atoms with Gasteiger partial charge in [0.15, 0.2) is 0 Å². The summed E-state index contributed by atoms with van der Waals surface area (Å²) in [5.41, 5.74) is 0.770. The fraction of sp³-hybridized carbons (Fsp3) is 0.571. The van der Waals surface area contributed by atoms with Crippen molar-refractivity contribution in [2.45, 2.75) is 32.4 Å². The van der Waals surface area contributed by atoms with Crippen LogP contribution < -0.4 is 5.32 Å². The van der Waals surface area contributed by atoms with E-state index in [4.69, 9.17) is 0 Å². The minimum atomic E-state index is -0.117. The summed E-state index contributed by atoms with van der Waals surface area (Å²) in [7, 11) is 4.00. The highest BCUT2D eigenvalue weighted by Crippen LogP contribution is 2.21. The number of hydrogen-bond donors (Lipinski definition) is 1. The maximum absolute atomic E-state index is 13.6. The van der Waals surface area contributed by atoms with Crippen molar-refractivity contribution in [1.82, 2.24) is 10.2 Å². The number of nitrogens with zero attached hydrogens (tertiary/aromatic N) is 1. The monoisotopic (exact) mass is 238 g/mol. The highest BCUT2D eigenvalue weighted by Gasteiger charge is 2.15. The van der Waals surface area contributed by atoms with Gasteiger partial charge in [-0.15, -0.1) is 0 Å². The van der Waals surface area contributed by atoms with Gasteiger partial charge < -0.3 is 5.32 Å². The smallest absolute Gasteiger partial charge is 0.127 e. The van der Waals surface area contributed by atoms with Crippen LogP contribution in [0.1, 0.15) is 31.9 Å². The topological polar surface area (TPSA) is 15.3 Å². The lowest BCUT2D eigenvalue weighted by atomic mass is 10.1. The fourth-order valence-electron chi connectivity index (χ4n) is 1.79. The first-order valence-electron chi connectivity index (χ1n) is 6.18. The van der Waals surface area contributed by atoms with Crippen LogP contribution in [0.15, 0.2) is 24.3 Å². The van der Waals surface area contributed by atoms with Gasteiger partial charge in [0.1, 0.15) is 5.82 Å². The molecule has 0 saturated carbocycles. The summed E-state index contributed by atoms with van der Waals surface area (Å²) in [5.74, 6) is -0.117. The first-order chi connectivity index (χ1) is 8.06. The molecule has 0 aromatic heterocycles. The third-order valence-electron chi connectivity index (χ3n) is 3.42. The minimum absolute atomic E-state index is 0.111. The Bertz CT molecular complexity index is 341. The largest absolute Gasteiger partial charge is 0.317 e.